The van der Waals surface area contributed by atoms with E-state index in [9.17, 15) is 0 Å². The molecule has 0 saturated heterocycles. The molecular weight excluding hydrogens is 721 g/mol. The number of rotatable bonds is 5. The maximum Gasteiger partial charge on any atom is 0.0979 e. The number of benzene rings is 9. The third kappa shape index (κ3) is 4.84. The number of nitrogens with zero attached hydrogens (tertiary/aromatic N) is 2. The predicted molar refractivity (Wildman–Crippen MR) is 244 cm³/mol. The minimum absolute atomic E-state index is 0.472. The van der Waals surface area contributed by atoms with Gasteiger partial charge >= 0.3 is 0 Å². The topological polar surface area (TPSA) is 25.8 Å². The van der Waals surface area contributed by atoms with Crippen LogP contribution in [0.3, 0.4) is 0 Å². The lowest BCUT2D eigenvalue weighted by Crippen LogP contribution is -2.28. The average molecular weight is 755 g/mol. The van der Waals surface area contributed by atoms with Crippen molar-refractivity contribution < 1.29 is 0 Å². The van der Waals surface area contributed by atoms with Crippen LogP contribution in [0.2, 0.25) is 0 Å². The number of thiophene rings is 1. The van der Waals surface area contributed by atoms with Gasteiger partial charge in [-0.2, -0.15) is 0 Å². The van der Waals surface area contributed by atoms with Crippen molar-refractivity contribution in [2.45, 2.75) is 5.41 Å². The minimum atomic E-state index is -0.472. The molecular formula is C55H34N2S. The van der Waals surface area contributed by atoms with Gasteiger partial charge in [-0.25, -0.2) is 9.97 Å². The first kappa shape index (κ1) is 33.0. The van der Waals surface area contributed by atoms with Crippen molar-refractivity contribution in [1.29, 1.82) is 0 Å². The van der Waals surface area contributed by atoms with Crippen LogP contribution in [0.4, 0.5) is 0 Å². The van der Waals surface area contributed by atoms with Crippen LogP contribution in [0, 0.1) is 0 Å². The minimum Gasteiger partial charge on any atom is -0.244 e. The molecule has 11 aromatic rings. The van der Waals surface area contributed by atoms with Crippen molar-refractivity contribution in [2.75, 3.05) is 0 Å². The summed E-state index contributed by atoms with van der Waals surface area (Å²) in [5.41, 5.74) is 15.3. The van der Waals surface area contributed by atoms with Crippen LogP contribution in [-0.2, 0) is 5.41 Å². The molecule has 0 bridgehead atoms. The van der Waals surface area contributed by atoms with E-state index >= 15 is 0 Å². The van der Waals surface area contributed by atoms with Crippen molar-refractivity contribution in [1.82, 2.24) is 9.97 Å². The highest BCUT2D eigenvalue weighted by Gasteiger charge is 2.46. The number of hydrogen-bond acceptors (Lipinski definition) is 3. The van der Waals surface area contributed by atoms with E-state index < -0.39 is 5.41 Å². The van der Waals surface area contributed by atoms with Crippen molar-refractivity contribution in [3.63, 3.8) is 0 Å². The Morgan fingerprint density at radius 1 is 0.362 bits per heavy atom. The molecule has 12 rings (SSSR count). The van der Waals surface area contributed by atoms with Crippen LogP contribution < -0.4 is 0 Å². The van der Waals surface area contributed by atoms with E-state index in [1.54, 1.807) is 0 Å². The molecule has 0 atom stereocenters. The molecule has 3 heteroatoms. The molecule has 0 saturated carbocycles. The molecule has 0 spiro atoms. The van der Waals surface area contributed by atoms with Crippen LogP contribution in [0.5, 0.6) is 0 Å². The lowest BCUT2D eigenvalue weighted by atomic mass is 9.67. The summed E-state index contributed by atoms with van der Waals surface area (Å²) in [6, 6.07) is 75.1. The summed E-state index contributed by atoms with van der Waals surface area (Å²) in [4.78, 5) is 10.8. The second-order valence-electron chi connectivity index (χ2n) is 15.2. The second-order valence-corrected chi connectivity index (χ2v) is 16.3. The van der Waals surface area contributed by atoms with Gasteiger partial charge in [0.2, 0.25) is 0 Å². The van der Waals surface area contributed by atoms with Gasteiger partial charge in [0.25, 0.3) is 0 Å². The van der Waals surface area contributed by atoms with Gasteiger partial charge in [-0.1, -0.05) is 164 Å². The van der Waals surface area contributed by atoms with Gasteiger partial charge < -0.3 is 0 Å². The van der Waals surface area contributed by atoms with Crippen LogP contribution in [-0.4, -0.2) is 9.97 Å². The summed E-state index contributed by atoms with van der Waals surface area (Å²) >= 11 is 1.83. The second kappa shape index (κ2) is 12.9. The number of aromatic nitrogens is 2. The molecule has 0 unspecified atom stereocenters. The third-order valence-corrected chi connectivity index (χ3v) is 13.3. The monoisotopic (exact) mass is 754 g/mol. The fourth-order valence-corrected chi connectivity index (χ4v) is 10.8. The van der Waals surface area contributed by atoms with E-state index in [1.165, 1.54) is 69.9 Å². The van der Waals surface area contributed by atoms with Gasteiger partial charge in [0.05, 0.1) is 27.8 Å². The zero-order valence-electron chi connectivity index (χ0n) is 31.4. The normalized spacial score (nSPS) is 13.0. The summed E-state index contributed by atoms with van der Waals surface area (Å²) in [5.74, 6) is 0. The quantitative estimate of drug-likeness (QED) is 0.175. The highest BCUT2D eigenvalue weighted by molar-refractivity contribution is 7.25. The summed E-state index contributed by atoms with van der Waals surface area (Å²) in [5, 5.41) is 4.92. The van der Waals surface area contributed by atoms with Gasteiger partial charge in [-0.3, -0.25) is 0 Å². The lowest BCUT2D eigenvalue weighted by Gasteiger charge is -2.34. The standard InChI is InChI=1S/C55H34N2S/c1-3-19-38(20-4-1)55(39-21-5-2-6-22-39)46-27-9-7-23-41(46)45-33-36-17-14-25-40(44(36)34-47(45)55)35-16-13-18-37(32-35)53-54(57-49-29-11-10-28-48(49)56-53)43-26-15-31-51-52(43)42-24-8-12-30-50(42)58-51/h1-34H. The molecule has 270 valence electrons. The van der Waals surface area contributed by atoms with E-state index in [0.717, 1.165) is 39.1 Å². The molecule has 58 heavy (non-hydrogen) atoms. The van der Waals surface area contributed by atoms with Crippen LogP contribution in [0.1, 0.15) is 22.3 Å². The molecule has 2 heterocycles. The van der Waals surface area contributed by atoms with Crippen molar-refractivity contribution in [2.24, 2.45) is 0 Å². The predicted octanol–water partition coefficient (Wildman–Crippen LogP) is 14.5. The summed E-state index contributed by atoms with van der Waals surface area (Å²) in [6.45, 7) is 0. The Morgan fingerprint density at radius 2 is 0.966 bits per heavy atom. The van der Waals surface area contributed by atoms with Crippen molar-refractivity contribution >= 4 is 53.3 Å². The Labute approximate surface area is 340 Å². The van der Waals surface area contributed by atoms with Gasteiger partial charge in [0.1, 0.15) is 0 Å². The van der Waals surface area contributed by atoms with Crippen LogP contribution in [0.25, 0.3) is 86.7 Å². The first-order valence-corrected chi connectivity index (χ1v) is 20.6. The van der Waals surface area contributed by atoms with Gasteiger partial charge in [0.15, 0.2) is 0 Å². The molecule has 0 radical (unpaired) electrons. The number of hydrogen-bond donors (Lipinski definition) is 0. The number of para-hydroxylation sites is 2. The first-order chi connectivity index (χ1) is 28.8. The molecule has 0 N–H and O–H groups in total. The average Bonchev–Trinajstić information content (AvgIpc) is 3.82. The van der Waals surface area contributed by atoms with Crippen molar-refractivity contribution in [3.05, 3.63) is 229 Å². The Balaban J connectivity index is 1.09. The molecule has 9 aromatic carbocycles. The molecule has 0 fully saturated rings. The number of fused-ring (bicyclic) bond motifs is 8. The molecule has 1 aliphatic carbocycles. The van der Waals surface area contributed by atoms with Crippen LogP contribution >= 0.6 is 11.3 Å². The largest absolute Gasteiger partial charge is 0.244 e. The van der Waals surface area contributed by atoms with Gasteiger partial charge in [-0.15, -0.1) is 11.3 Å². The zero-order valence-corrected chi connectivity index (χ0v) is 32.2. The van der Waals surface area contributed by atoms with E-state index in [4.69, 9.17) is 9.97 Å². The fourth-order valence-electron chi connectivity index (χ4n) is 9.66. The Bertz CT molecular complexity index is 3360. The Hall–Kier alpha value is -7.20. The maximum absolute atomic E-state index is 5.39. The zero-order chi connectivity index (χ0) is 38.2. The summed E-state index contributed by atoms with van der Waals surface area (Å²) in [6.07, 6.45) is 0. The molecule has 0 aliphatic heterocycles. The first-order valence-electron chi connectivity index (χ1n) is 19.8. The highest BCUT2D eigenvalue weighted by Crippen LogP contribution is 2.57. The fraction of sp³-hybridized carbons (Fsp3) is 0.0182. The van der Waals surface area contributed by atoms with Crippen molar-refractivity contribution in [3.8, 4) is 44.8 Å². The smallest absolute Gasteiger partial charge is 0.0979 e. The van der Waals surface area contributed by atoms with E-state index in [-0.39, 0.29) is 0 Å². The Kier molecular flexibility index (Phi) is 7.35. The molecule has 2 nitrogen and oxygen atoms in total. The van der Waals surface area contributed by atoms with E-state index in [0.29, 0.717) is 0 Å². The SMILES string of the molecule is c1ccc(C2(c3ccccc3)c3ccccc3-c3cc4cccc(-c5cccc(-c6nc7ccccc7nc6-c6cccc7sc8ccccc8c67)c5)c4cc32)cc1. The third-order valence-electron chi connectivity index (χ3n) is 12.1. The van der Waals surface area contributed by atoms with Crippen LogP contribution in [0.15, 0.2) is 206 Å². The van der Waals surface area contributed by atoms with E-state index in [1.807, 2.05) is 23.5 Å². The summed E-state index contributed by atoms with van der Waals surface area (Å²) in [7, 11) is 0. The maximum atomic E-state index is 5.39. The summed E-state index contributed by atoms with van der Waals surface area (Å²) < 4.78 is 2.53. The molecule has 1 aliphatic rings. The van der Waals surface area contributed by atoms with Gasteiger partial charge in [0, 0.05) is 31.3 Å². The Morgan fingerprint density at radius 3 is 1.78 bits per heavy atom. The highest BCUT2D eigenvalue weighted by atomic mass is 32.1. The van der Waals surface area contributed by atoms with Gasteiger partial charge in [-0.05, 0) is 97.7 Å². The molecule has 2 aromatic heterocycles. The molecule has 0 amide bonds. The lowest BCUT2D eigenvalue weighted by molar-refractivity contribution is 0.769. The van der Waals surface area contributed by atoms with E-state index in [2.05, 4.69) is 194 Å².